The third-order valence-corrected chi connectivity index (χ3v) is 9.36. The molecule has 180 valence electrons. The summed E-state index contributed by atoms with van der Waals surface area (Å²) in [5.41, 5.74) is 0. The van der Waals surface area contributed by atoms with Crippen LogP contribution in [0.3, 0.4) is 0 Å². The lowest BCUT2D eigenvalue weighted by Gasteiger charge is -2.30. The minimum atomic E-state index is -3.54. The third kappa shape index (κ3) is 6.04. The van der Waals surface area contributed by atoms with Crippen LogP contribution in [-0.4, -0.2) is 50.5 Å². The average molecular weight is 494 g/mol. The summed E-state index contributed by atoms with van der Waals surface area (Å²) in [6.07, 6.45) is 6.97. The van der Waals surface area contributed by atoms with Gasteiger partial charge in [-0.2, -0.15) is 4.31 Å². The number of ether oxygens (including phenoxy) is 2. The van der Waals surface area contributed by atoms with Gasteiger partial charge < -0.3 is 14.8 Å². The Hall–Kier alpha value is -2.17. The Bertz CT molecular complexity index is 1020. The molecule has 1 saturated heterocycles. The van der Waals surface area contributed by atoms with Crippen molar-refractivity contribution < 1.29 is 22.7 Å². The summed E-state index contributed by atoms with van der Waals surface area (Å²) < 4.78 is 37.9. The van der Waals surface area contributed by atoms with Crippen molar-refractivity contribution in [3.8, 4) is 11.6 Å². The van der Waals surface area contributed by atoms with Crippen LogP contribution in [0.1, 0.15) is 55.9 Å². The summed E-state index contributed by atoms with van der Waals surface area (Å²) in [4.78, 5) is 16.9. The predicted molar refractivity (Wildman–Crippen MR) is 126 cm³/mol. The van der Waals surface area contributed by atoms with E-state index in [0.29, 0.717) is 50.0 Å². The Morgan fingerprint density at radius 3 is 2.48 bits per heavy atom. The summed E-state index contributed by atoms with van der Waals surface area (Å²) in [5, 5.41) is 5.48. The van der Waals surface area contributed by atoms with Crippen molar-refractivity contribution in [1.82, 2.24) is 14.6 Å². The monoisotopic (exact) mass is 493 g/mol. The van der Waals surface area contributed by atoms with E-state index in [1.54, 1.807) is 36.8 Å². The van der Waals surface area contributed by atoms with Gasteiger partial charge >= 0.3 is 6.09 Å². The SMILES string of the molecule is COc1ccc(S(=O)(=O)N2CCC(c3nc(OC(=O)NCC4CCCCC4)cs3)CC2)cc1. The van der Waals surface area contributed by atoms with Crippen molar-refractivity contribution in [2.75, 3.05) is 26.7 Å². The number of hydrogen-bond acceptors (Lipinski definition) is 7. The van der Waals surface area contributed by atoms with Gasteiger partial charge in [-0.05, 0) is 55.9 Å². The van der Waals surface area contributed by atoms with Crippen LogP contribution in [-0.2, 0) is 10.0 Å². The zero-order chi connectivity index (χ0) is 23.3. The fraction of sp³-hybridized carbons (Fsp3) is 0.565. The second kappa shape index (κ2) is 10.8. The molecule has 1 aromatic carbocycles. The van der Waals surface area contributed by atoms with Gasteiger partial charge in [0.25, 0.3) is 0 Å². The normalized spacial score (nSPS) is 18.7. The molecule has 1 N–H and O–H groups in total. The molecule has 0 unspecified atom stereocenters. The van der Waals surface area contributed by atoms with E-state index in [1.807, 2.05) is 0 Å². The van der Waals surface area contributed by atoms with Crippen molar-refractivity contribution in [3.63, 3.8) is 0 Å². The number of nitrogens with zero attached hydrogens (tertiary/aromatic N) is 2. The fourth-order valence-corrected chi connectivity index (χ4v) is 6.86. The number of sulfonamides is 1. The highest BCUT2D eigenvalue weighted by atomic mass is 32.2. The second-order valence-electron chi connectivity index (χ2n) is 8.65. The number of carbonyl (C=O) groups is 1. The molecule has 33 heavy (non-hydrogen) atoms. The van der Waals surface area contributed by atoms with Gasteiger partial charge in [0, 0.05) is 25.6 Å². The highest BCUT2D eigenvalue weighted by Gasteiger charge is 2.31. The number of amides is 1. The molecule has 1 aliphatic heterocycles. The molecule has 4 rings (SSSR count). The largest absolute Gasteiger partial charge is 0.497 e. The number of piperidine rings is 1. The first-order chi connectivity index (χ1) is 16.0. The summed E-state index contributed by atoms with van der Waals surface area (Å²) in [5.74, 6) is 1.62. The van der Waals surface area contributed by atoms with Crippen molar-refractivity contribution in [2.45, 2.75) is 55.8 Å². The molecule has 0 radical (unpaired) electrons. The number of hydrogen-bond donors (Lipinski definition) is 1. The van der Waals surface area contributed by atoms with Gasteiger partial charge in [-0.1, -0.05) is 19.3 Å². The maximum Gasteiger partial charge on any atom is 0.413 e. The third-order valence-electron chi connectivity index (χ3n) is 6.46. The molecule has 1 aliphatic carbocycles. The summed E-state index contributed by atoms with van der Waals surface area (Å²) in [7, 11) is -1.99. The molecular formula is C23H31N3O5S2. The second-order valence-corrected chi connectivity index (χ2v) is 11.5. The molecule has 1 saturated carbocycles. The molecule has 0 bridgehead atoms. The number of benzene rings is 1. The smallest absolute Gasteiger partial charge is 0.413 e. The minimum absolute atomic E-state index is 0.153. The van der Waals surface area contributed by atoms with E-state index >= 15 is 0 Å². The van der Waals surface area contributed by atoms with Crippen LogP contribution in [0.25, 0.3) is 0 Å². The average Bonchev–Trinajstić information content (AvgIpc) is 3.32. The first kappa shape index (κ1) is 24.0. The van der Waals surface area contributed by atoms with Crippen LogP contribution >= 0.6 is 11.3 Å². The van der Waals surface area contributed by atoms with Crippen molar-refractivity contribution in [3.05, 3.63) is 34.7 Å². The molecule has 10 heteroatoms. The Morgan fingerprint density at radius 1 is 1.12 bits per heavy atom. The number of aromatic nitrogens is 1. The molecule has 8 nitrogen and oxygen atoms in total. The maximum atomic E-state index is 12.9. The van der Waals surface area contributed by atoms with Gasteiger partial charge in [0.1, 0.15) is 5.75 Å². The van der Waals surface area contributed by atoms with E-state index in [2.05, 4.69) is 10.3 Å². The van der Waals surface area contributed by atoms with Crippen LogP contribution in [0.2, 0.25) is 0 Å². The zero-order valence-corrected chi connectivity index (χ0v) is 20.5. The Morgan fingerprint density at radius 2 is 1.82 bits per heavy atom. The predicted octanol–water partition coefficient (Wildman–Crippen LogP) is 4.39. The van der Waals surface area contributed by atoms with Crippen LogP contribution in [0, 0.1) is 5.92 Å². The fourth-order valence-electron chi connectivity index (χ4n) is 4.50. The van der Waals surface area contributed by atoms with Gasteiger partial charge in [0.15, 0.2) is 0 Å². The van der Waals surface area contributed by atoms with Gasteiger partial charge in [-0.15, -0.1) is 11.3 Å². The minimum Gasteiger partial charge on any atom is -0.497 e. The molecule has 0 atom stereocenters. The lowest BCUT2D eigenvalue weighted by atomic mass is 9.89. The Balaban J connectivity index is 1.27. The molecule has 2 aliphatic rings. The van der Waals surface area contributed by atoms with E-state index in [1.165, 1.54) is 34.9 Å². The first-order valence-electron chi connectivity index (χ1n) is 11.5. The Kier molecular flexibility index (Phi) is 7.87. The highest BCUT2D eigenvalue weighted by molar-refractivity contribution is 7.89. The summed E-state index contributed by atoms with van der Waals surface area (Å²) in [6, 6.07) is 6.46. The molecule has 0 spiro atoms. The molecular weight excluding hydrogens is 462 g/mol. The Labute approximate surface area is 199 Å². The molecule has 2 heterocycles. The number of nitrogens with one attached hydrogen (secondary N) is 1. The van der Waals surface area contributed by atoms with Gasteiger partial charge in [-0.25, -0.2) is 18.2 Å². The van der Waals surface area contributed by atoms with Crippen LogP contribution in [0.5, 0.6) is 11.6 Å². The van der Waals surface area contributed by atoms with Gasteiger partial charge in [0.2, 0.25) is 15.9 Å². The molecule has 2 aromatic rings. The van der Waals surface area contributed by atoms with Crippen LogP contribution in [0.15, 0.2) is 34.5 Å². The molecule has 1 amide bonds. The number of rotatable bonds is 7. The van der Waals surface area contributed by atoms with Crippen LogP contribution < -0.4 is 14.8 Å². The van der Waals surface area contributed by atoms with Crippen molar-refractivity contribution in [1.29, 1.82) is 0 Å². The topological polar surface area (TPSA) is 97.8 Å². The van der Waals surface area contributed by atoms with Crippen molar-refractivity contribution in [2.24, 2.45) is 5.92 Å². The number of carbonyl (C=O) groups excluding carboxylic acids is 1. The maximum absolute atomic E-state index is 12.9. The van der Waals surface area contributed by atoms with Gasteiger partial charge in [0.05, 0.1) is 22.4 Å². The summed E-state index contributed by atoms with van der Waals surface area (Å²) >= 11 is 1.46. The molecule has 1 aromatic heterocycles. The van der Waals surface area contributed by atoms with Gasteiger partial charge in [-0.3, -0.25) is 0 Å². The zero-order valence-electron chi connectivity index (χ0n) is 18.9. The van der Waals surface area contributed by atoms with E-state index in [9.17, 15) is 13.2 Å². The highest BCUT2D eigenvalue weighted by Crippen LogP contribution is 2.34. The molecule has 2 fully saturated rings. The quantitative estimate of drug-likeness (QED) is 0.614. The standard InChI is InChI=1S/C23H31N3O5S2/c1-30-19-7-9-20(10-8-19)33(28,29)26-13-11-18(12-14-26)22-25-21(16-32-22)31-23(27)24-15-17-5-3-2-4-6-17/h7-10,16-18H,2-6,11-15H2,1H3,(H,24,27). The first-order valence-corrected chi connectivity index (χ1v) is 13.8. The number of methoxy groups -OCH3 is 1. The number of thiazole rings is 1. The lowest BCUT2D eigenvalue weighted by molar-refractivity contribution is 0.194. The van der Waals surface area contributed by atoms with E-state index in [-0.39, 0.29) is 10.8 Å². The van der Waals surface area contributed by atoms with E-state index in [4.69, 9.17) is 9.47 Å². The van der Waals surface area contributed by atoms with Crippen molar-refractivity contribution >= 4 is 27.5 Å². The lowest BCUT2D eigenvalue weighted by Crippen LogP contribution is -2.37. The summed E-state index contributed by atoms with van der Waals surface area (Å²) in [6.45, 7) is 1.50. The van der Waals surface area contributed by atoms with E-state index in [0.717, 1.165) is 17.8 Å². The van der Waals surface area contributed by atoms with Crippen LogP contribution in [0.4, 0.5) is 4.79 Å². The van der Waals surface area contributed by atoms with E-state index < -0.39 is 16.1 Å².